The Labute approximate surface area is 193 Å². The zero-order valence-corrected chi connectivity index (χ0v) is 19.3. The van der Waals surface area contributed by atoms with E-state index in [1.807, 2.05) is 26.8 Å². The van der Waals surface area contributed by atoms with E-state index in [1.165, 1.54) is 11.3 Å². The summed E-state index contributed by atoms with van der Waals surface area (Å²) in [6, 6.07) is 6.33. The molecule has 33 heavy (non-hydrogen) atoms. The van der Waals surface area contributed by atoms with Gasteiger partial charge < -0.3 is 15.5 Å². The molecule has 1 saturated carbocycles. The third-order valence-corrected chi connectivity index (χ3v) is 7.19. The lowest BCUT2D eigenvalue weighted by molar-refractivity contribution is -0.141. The molecular formula is C23H25F3N4O2S. The normalized spacial score (nSPS) is 22.8. The molecule has 2 heterocycles. The number of hydrogen-bond acceptors (Lipinski definition) is 7. The highest BCUT2D eigenvalue weighted by molar-refractivity contribution is 7.15. The number of nitrogens with one attached hydrogen (secondary N) is 1. The van der Waals surface area contributed by atoms with Crippen LogP contribution in [0.1, 0.15) is 49.4 Å². The predicted molar refractivity (Wildman–Crippen MR) is 120 cm³/mol. The number of rotatable bonds is 4. The third-order valence-electron chi connectivity index (χ3n) is 5.95. The van der Waals surface area contributed by atoms with E-state index in [-0.39, 0.29) is 5.95 Å². The molecule has 10 heteroatoms. The zero-order chi connectivity index (χ0) is 24.0. The first-order valence-corrected chi connectivity index (χ1v) is 11.3. The quantitative estimate of drug-likeness (QED) is 0.463. The summed E-state index contributed by atoms with van der Waals surface area (Å²) < 4.78 is 38.9. The number of aromatic nitrogens is 3. The molecule has 1 aromatic carbocycles. The summed E-state index contributed by atoms with van der Waals surface area (Å²) in [5.74, 6) is -0.149. The molecule has 2 atom stereocenters. The van der Waals surface area contributed by atoms with Gasteiger partial charge >= 0.3 is 6.18 Å². The van der Waals surface area contributed by atoms with Gasteiger partial charge in [0.1, 0.15) is 16.3 Å². The van der Waals surface area contributed by atoms with Gasteiger partial charge in [-0.3, -0.25) is 0 Å². The average molecular weight is 479 g/mol. The lowest BCUT2D eigenvalue weighted by Crippen LogP contribution is -2.44. The Morgan fingerprint density at radius 3 is 2.64 bits per heavy atom. The lowest BCUT2D eigenvalue weighted by atomic mass is 9.68. The molecule has 0 spiro atoms. The molecule has 0 bridgehead atoms. The first-order valence-electron chi connectivity index (χ1n) is 10.5. The largest absolute Gasteiger partial charge is 0.433 e. The number of hydrogen-bond donors (Lipinski definition) is 3. The highest BCUT2D eigenvalue weighted by Crippen LogP contribution is 2.48. The van der Waals surface area contributed by atoms with Crippen LogP contribution in [-0.2, 0) is 11.8 Å². The molecule has 0 unspecified atom stereocenters. The number of thiazole rings is 1. The van der Waals surface area contributed by atoms with E-state index in [0.717, 1.165) is 28.3 Å². The van der Waals surface area contributed by atoms with Gasteiger partial charge in [0, 0.05) is 18.1 Å². The molecule has 0 aliphatic heterocycles. The van der Waals surface area contributed by atoms with Crippen molar-refractivity contribution in [1.82, 2.24) is 15.0 Å². The Morgan fingerprint density at radius 1 is 1.18 bits per heavy atom. The van der Waals surface area contributed by atoms with Gasteiger partial charge in [0.05, 0.1) is 11.0 Å². The zero-order valence-electron chi connectivity index (χ0n) is 18.4. The molecule has 3 aromatic rings. The minimum absolute atomic E-state index is 0.149. The van der Waals surface area contributed by atoms with Crippen LogP contribution in [0.5, 0.6) is 0 Å². The molecule has 0 radical (unpaired) electrons. The summed E-state index contributed by atoms with van der Waals surface area (Å²) in [6.45, 7) is 5.75. The number of alkyl halides is 3. The Morgan fingerprint density at radius 2 is 1.94 bits per heavy atom. The van der Waals surface area contributed by atoms with E-state index < -0.39 is 29.0 Å². The van der Waals surface area contributed by atoms with Gasteiger partial charge in [0.2, 0.25) is 5.95 Å². The minimum atomic E-state index is -4.56. The monoisotopic (exact) mass is 478 g/mol. The van der Waals surface area contributed by atoms with Crippen molar-refractivity contribution in [1.29, 1.82) is 0 Å². The molecule has 0 amide bonds. The van der Waals surface area contributed by atoms with Crippen molar-refractivity contribution in [3.05, 3.63) is 52.9 Å². The van der Waals surface area contributed by atoms with Crippen LogP contribution < -0.4 is 5.32 Å². The van der Waals surface area contributed by atoms with E-state index in [2.05, 4.69) is 20.3 Å². The Bertz CT molecular complexity index is 1160. The number of aryl methyl sites for hydroxylation is 1. The molecule has 0 saturated heterocycles. The maximum absolute atomic E-state index is 13.0. The molecular weight excluding hydrogens is 453 g/mol. The minimum Gasteiger partial charge on any atom is -0.393 e. The van der Waals surface area contributed by atoms with Crippen LogP contribution >= 0.6 is 11.3 Å². The second kappa shape index (κ2) is 8.34. The Balaban J connectivity index is 1.60. The van der Waals surface area contributed by atoms with E-state index in [4.69, 9.17) is 0 Å². The number of aliphatic hydroxyl groups is 2. The Hall–Kier alpha value is -2.56. The summed E-state index contributed by atoms with van der Waals surface area (Å²) in [7, 11) is 0. The van der Waals surface area contributed by atoms with Crippen molar-refractivity contribution in [3.8, 4) is 10.4 Å². The van der Waals surface area contributed by atoms with E-state index >= 15 is 0 Å². The summed E-state index contributed by atoms with van der Waals surface area (Å²) in [5.41, 5.74) is -0.315. The number of anilines is 2. The van der Waals surface area contributed by atoms with E-state index in [0.29, 0.717) is 30.0 Å². The predicted octanol–water partition coefficient (Wildman–Crippen LogP) is 5.43. The standard InChI is InChI=1S/C23H25F3N4O2S/c1-13-8-14(10-15(9-13)29-20-27-7-5-17(30-20)23(24,25)26)16-11-28-19(33-16)22(32)6-4-18(31)21(2,3)12-22/h5,7-11,18,31-32H,4,6,12H2,1-3H3,(H,27,29,30)/t18-,22+/m1/s1. The maximum Gasteiger partial charge on any atom is 0.433 e. The summed E-state index contributed by atoms with van der Waals surface area (Å²) in [6.07, 6.45) is -0.947. The summed E-state index contributed by atoms with van der Waals surface area (Å²) >= 11 is 1.37. The van der Waals surface area contributed by atoms with Gasteiger partial charge in [-0.2, -0.15) is 13.2 Å². The molecule has 3 N–H and O–H groups in total. The van der Waals surface area contributed by atoms with Gasteiger partial charge in [0.25, 0.3) is 0 Å². The first-order chi connectivity index (χ1) is 15.4. The van der Waals surface area contributed by atoms with Crippen molar-refractivity contribution in [2.75, 3.05) is 5.32 Å². The van der Waals surface area contributed by atoms with Crippen molar-refractivity contribution in [3.63, 3.8) is 0 Å². The topological polar surface area (TPSA) is 91.2 Å². The van der Waals surface area contributed by atoms with E-state index in [9.17, 15) is 23.4 Å². The van der Waals surface area contributed by atoms with Crippen LogP contribution in [0.3, 0.4) is 0 Å². The number of nitrogens with zero attached hydrogens (tertiary/aromatic N) is 3. The van der Waals surface area contributed by atoms with Crippen molar-refractivity contribution < 1.29 is 23.4 Å². The fourth-order valence-corrected chi connectivity index (χ4v) is 5.25. The van der Waals surface area contributed by atoms with Crippen molar-refractivity contribution in [2.45, 2.75) is 57.9 Å². The van der Waals surface area contributed by atoms with Gasteiger partial charge in [-0.15, -0.1) is 11.3 Å². The van der Waals surface area contributed by atoms with Crippen LogP contribution in [0.15, 0.2) is 36.7 Å². The van der Waals surface area contributed by atoms with Crippen LogP contribution in [0, 0.1) is 12.3 Å². The summed E-state index contributed by atoms with van der Waals surface area (Å²) in [4.78, 5) is 12.7. The molecule has 1 fully saturated rings. The molecule has 176 valence electrons. The number of halogens is 3. The van der Waals surface area contributed by atoms with Crippen LogP contribution in [0.2, 0.25) is 0 Å². The summed E-state index contributed by atoms with van der Waals surface area (Å²) in [5, 5.41) is 24.9. The van der Waals surface area contributed by atoms with Gasteiger partial charge in [-0.05, 0) is 60.9 Å². The lowest BCUT2D eigenvalue weighted by Gasteiger charge is -2.43. The second-order valence-electron chi connectivity index (χ2n) is 9.26. The average Bonchev–Trinajstić information content (AvgIpc) is 3.21. The fraction of sp³-hybridized carbons (Fsp3) is 0.435. The maximum atomic E-state index is 13.0. The fourth-order valence-electron chi connectivity index (χ4n) is 4.23. The van der Waals surface area contributed by atoms with Gasteiger partial charge in [0.15, 0.2) is 0 Å². The van der Waals surface area contributed by atoms with E-state index in [1.54, 1.807) is 18.3 Å². The Kier molecular flexibility index (Phi) is 5.96. The number of benzene rings is 1. The number of aliphatic hydroxyl groups excluding tert-OH is 1. The smallest absolute Gasteiger partial charge is 0.393 e. The molecule has 6 nitrogen and oxygen atoms in total. The molecule has 1 aliphatic rings. The first kappa shape index (κ1) is 23.6. The van der Waals surface area contributed by atoms with Crippen LogP contribution in [-0.4, -0.2) is 31.3 Å². The van der Waals surface area contributed by atoms with Crippen LogP contribution in [0.25, 0.3) is 10.4 Å². The SMILES string of the molecule is Cc1cc(Nc2nccc(C(F)(F)F)n2)cc(-c2cnc([C@]3(O)CC[C@@H](O)C(C)(C)C3)s2)c1. The van der Waals surface area contributed by atoms with Gasteiger partial charge in [-0.1, -0.05) is 19.9 Å². The van der Waals surface area contributed by atoms with Crippen molar-refractivity contribution >= 4 is 23.0 Å². The molecule has 4 rings (SSSR count). The van der Waals surface area contributed by atoms with Crippen LogP contribution in [0.4, 0.5) is 24.8 Å². The van der Waals surface area contributed by atoms with Gasteiger partial charge in [-0.25, -0.2) is 15.0 Å². The molecule has 1 aliphatic carbocycles. The highest BCUT2D eigenvalue weighted by atomic mass is 32.1. The van der Waals surface area contributed by atoms with Crippen molar-refractivity contribution in [2.24, 2.45) is 5.41 Å². The highest BCUT2D eigenvalue weighted by Gasteiger charge is 2.46. The third kappa shape index (κ3) is 5.02. The second-order valence-corrected chi connectivity index (χ2v) is 10.3. The molecule has 2 aromatic heterocycles.